The summed E-state index contributed by atoms with van der Waals surface area (Å²) >= 11 is 1.32. The van der Waals surface area contributed by atoms with Gasteiger partial charge in [-0.25, -0.2) is 13.1 Å². The Morgan fingerprint density at radius 1 is 1.29 bits per heavy atom. The number of hydrogen-bond acceptors (Lipinski definition) is 5. The van der Waals surface area contributed by atoms with Gasteiger partial charge < -0.3 is 10.2 Å². The lowest BCUT2D eigenvalue weighted by Gasteiger charge is -2.28. The standard InChI is InChI=1S/C14H27N3O2S2/c1-6-15-9-12-7-8-13(20-12)21(18,19)16-10-14(2,3)11-17(4)5/h7-8,15-16H,6,9-11H2,1-5H3. The normalized spacial score (nSPS) is 13.0. The molecule has 122 valence electrons. The number of thiophene rings is 1. The average Bonchev–Trinajstić information content (AvgIpc) is 2.82. The minimum Gasteiger partial charge on any atom is -0.312 e. The van der Waals surface area contributed by atoms with Crippen molar-refractivity contribution in [3.8, 4) is 0 Å². The molecule has 0 aliphatic carbocycles. The summed E-state index contributed by atoms with van der Waals surface area (Å²) in [5.41, 5.74) is -0.111. The minimum absolute atomic E-state index is 0.111. The summed E-state index contributed by atoms with van der Waals surface area (Å²) in [5, 5.41) is 3.20. The monoisotopic (exact) mass is 333 g/mol. The summed E-state index contributed by atoms with van der Waals surface area (Å²) in [6.07, 6.45) is 0. The van der Waals surface area contributed by atoms with Crippen LogP contribution in [0.4, 0.5) is 0 Å². The maximum absolute atomic E-state index is 12.3. The summed E-state index contributed by atoms with van der Waals surface area (Å²) < 4.78 is 27.7. The van der Waals surface area contributed by atoms with Crippen molar-refractivity contribution >= 4 is 21.4 Å². The maximum Gasteiger partial charge on any atom is 0.250 e. The summed E-state index contributed by atoms with van der Waals surface area (Å²) in [4.78, 5) is 3.10. The van der Waals surface area contributed by atoms with Gasteiger partial charge in [-0.1, -0.05) is 20.8 Å². The van der Waals surface area contributed by atoms with Gasteiger partial charge in [-0.05, 0) is 38.2 Å². The zero-order valence-corrected chi connectivity index (χ0v) is 15.2. The highest BCUT2D eigenvalue weighted by Crippen LogP contribution is 2.22. The van der Waals surface area contributed by atoms with Gasteiger partial charge in [-0.15, -0.1) is 11.3 Å². The van der Waals surface area contributed by atoms with Crippen molar-refractivity contribution in [1.82, 2.24) is 14.9 Å². The fraction of sp³-hybridized carbons (Fsp3) is 0.714. The molecule has 0 unspecified atom stereocenters. The summed E-state index contributed by atoms with van der Waals surface area (Å²) in [6, 6.07) is 3.55. The Morgan fingerprint density at radius 2 is 1.95 bits per heavy atom. The Morgan fingerprint density at radius 3 is 2.52 bits per heavy atom. The Hall–Kier alpha value is -0.470. The van der Waals surface area contributed by atoms with Gasteiger partial charge in [0.2, 0.25) is 10.0 Å². The largest absolute Gasteiger partial charge is 0.312 e. The van der Waals surface area contributed by atoms with Gasteiger partial charge in [0.05, 0.1) is 0 Å². The Labute approximate surface area is 132 Å². The predicted octanol–water partition coefficient (Wildman–Crippen LogP) is 1.72. The van der Waals surface area contributed by atoms with Gasteiger partial charge in [-0.3, -0.25) is 0 Å². The van der Waals surface area contributed by atoms with Crippen LogP contribution in [0.5, 0.6) is 0 Å². The van der Waals surface area contributed by atoms with Crippen molar-refractivity contribution in [2.75, 3.05) is 33.7 Å². The Kier molecular flexibility index (Phi) is 6.80. The SMILES string of the molecule is CCNCc1ccc(S(=O)(=O)NCC(C)(C)CN(C)C)s1. The highest BCUT2D eigenvalue weighted by atomic mass is 32.2. The van der Waals surface area contributed by atoms with Gasteiger partial charge in [-0.2, -0.15) is 0 Å². The molecule has 0 aliphatic rings. The molecule has 0 aromatic carbocycles. The molecule has 0 saturated carbocycles. The molecule has 1 aromatic heterocycles. The lowest BCUT2D eigenvalue weighted by atomic mass is 9.93. The molecule has 21 heavy (non-hydrogen) atoms. The van der Waals surface area contributed by atoms with E-state index >= 15 is 0 Å². The van der Waals surface area contributed by atoms with Crippen LogP contribution in [-0.4, -0.2) is 47.0 Å². The molecule has 1 aromatic rings. The molecule has 0 amide bonds. The first-order valence-corrected chi connectivity index (χ1v) is 9.40. The molecule has 0 spiro atoms. The van der Waals surface area contributed by atoms with Crippen molar-refractivity contribution in [1.29, 1.82) is 0 Å². The number of rotatable bonds is 9. The van der Waals surface area contributed by atoms with E-state index in [0.717, 1.165) is 18.0 Å². The number of hydrogen-bond donors (Lipinski definition) is 2. The van der Waals surface area contributed by atoms with Gasteiger partial charge in [0, 0.05) is 24.5 Å². The molecule has 2 N–H and O–H groups in total. The van der Waals surface area contributed by atoms with E-state index in [0.29, 0.717) is 17.3 Å². The smallest absolute Gasteiger partial charge is 0.250 e. The first-order chi connectivity index (χ1) is 9.66. The highest BCUT2D eigenvalue weighted by Gasteiger charge is 2.24. The van der Waals surface area contributed by atoms with Crippen LogP contribution in [-0.2, 0) is 16.6 Å². The zero-order valence-electron chi connectivity index (χ0n) is 13.6. The molecular weight excluding hydrogens is 306 g/mol. The number of nitrogens with zero attached hydrogens (tertiary/aromatic N) is 1. The Bertz CT molecular complexity index is 536. The lowest BCUT2D eigenvalue weighted by molar-refractivity contribution is 0.242. The van der Waals surface area contributed by atoms with Gasteiger partial charge >= 0.3 is 0 Å². The topological polar surface area (TPSA) is 61.4 Å². The van der Waals surface area contributed by atoms with Crippen LogP contribution in [0, 0.1) is 5.41 Å². The summed E-state index contributed by atoms with van der Waals surface area (Å²) in [5.74, 6) is 0. The molecule has 0 fully saturated rings. The summed E-state index contributed by atoms with van der Waals surface area (Å²) in [6.45, 7) is 8.97. The molecule has 0 bridgehead atoms. The van der Waals surface area contributed by atoms with Crippen LogP contribution in [0.1, 0.15) is 25.6 Å². The fourth-order valence-electron chi connectivity index (χ4n) is 2.12. The second-order valence-electron chi connectivity index (χ2n) is 6.23. The van der Waals surface area contributed by atoms with Crippen LogP contribution in [0.25, 0.3) is 0 Å². The van der Waals surface area contributed by atoms with E-state index in [1.807, 2.05) is 27.1 Å². The fourth-order valence-corrected chi connectivity index (χ4v) is 4.73. The molecule has 5 nitrogen and oxygen atoms in total. The van der Waals surface area contributed by atoms with Crippen LogP contribution >= 0.6 is 11.3 Å². The van der Waals surface area contributed by atoms with Crippen molar-refractivity contribution in [3.05, 3.63) is 17.0 Å². The van der Waals surface area contributed by atoms with E-state index in [4.69, 9.17) is 0 Å². The molecule has 0 radical (unpaired) electrons. The van der Waals surface area contributed by atoms with E-state index in [2.05, 4.69) is 28.8 Å². The first kappa shape index (κ1) is 18.6. The van der Waals surface area contributed by atoms with E-state index in [9.17, 15) is 8.42 Å². The molecular formula is C14H27N3O2S2. The van der Waals surface area contributed by atoms with Gasteiger partial charge in [0.1, 0.15) is 4.21 Å². The number of nitrogens with one attached hydrogen (secondary N) is 2. The van der Waals surface area contributed by atoms with Crippen molar-refractivity contribution in [3.63, 3.8) is 0 Å². The lowest BCUT2D eigenvalue weighted by Crippen LogP contribution is -2.39. The third-order valence-corrected chi connectivity index (χ3v) is 5.91. The van der Waals surface area contributed by atoms with E-state index < -0.39 is 10.0 Å². The molecule has 7 heteroatoms. The van der Waals surface area contributed by atoms with Crippen LogP contribution in [0.2, 0.25) is 0 Å². The van der Waals surface area contributed by atoms with Crippen molar-refractivity contribution < 1.29 is 8.42 Å². The molecule has 1 rings (SSSR count). The quantitative estimate of drug-likeness (QED) is 0.722. The minimum atomic E-state index is -3.41. The highest BCUT2D eigenvalue weighted by molar-refractivity contribution is 7.91. The number of sulfonamides is 1. The van der Waals surface area contributed by atoms with Crippen molar-refractivity contribution in [2.45, 2.75) is 31.5 Å². The van der Waals surface area contributed by atoms with Gasteiger partial charge in [0.15, 0.2) is 0 Å². The van der Waals surface area contributed by atoms with Crippen LogP contribution in [0.15, 0.2) is 16.3 Å². The molecule has 1 heterocycles. The first-order valence-electron chi connectivity index (χ1n) is 7.10. The van der Waals surface area contributed by atoms with Gasteiger partial charge in [0.25, 0.3) is 0 Å². The second-order valence-corrected chi connectivity index (χ2v) is 9.39. The third kappa shape index (κ3) is 6.44. The zero-order chi connectivity index (χ0) is 16.1. The van der Waals surface area contributed by atoms with Crippen LogP contribution in [0.3, 0.4) is 0 Å². The predicted molar refractivity (Wildman–Crippen MR) is 89.2 cm³/mol. The second kappa shape index (κ2) is 7.69. The van der Waals surface area contributed by atoms with E-state index in [-0.39, 0.29) is 5.41 Å². The van der Waals surface area contributed by atoms with E-state index in [1.165, 1.54) is 11.3 Å². The maximum atomic E-state index is 12.3. The van der Waals surface area contributed by atoms with Crippen molar-refractivity contribution in [2.24, 2.45) is 5.41 Å². The molecule has 0 atom stereocenters. The average molecular weight is 334 g/mol. The van der Waals surface area contributed by atoms with Crippen LogP contribution < -0.4 is 10.0 Å². The molecule has 0 aliphatic heterocycles. The Balaban J connectivity index is 2.67. The summed E-state index contributed by atoms with van der Waals surface area (Å²) in [7, 11) is 0.566. The third-order valence-electron chi connectivity index (χ3n) is 2.94. The van der Waals surface area contributed by atoms with E-state index in [1.54, 1.807) is 6.07 Å². The molecule has 0 saturated heterocycles.